The van der Waals surface area contributed by atoms with Gasteiger partial charge in [-0.1, -0.05) is 0 Å². The Labute approximate surface area is 111 Å². The van der Waals surface area contributed by atoms with Gasteiger partial charge in [0.05, 0.1) is 17.5 Å². The van der Waals surface area contributed by atoms with Crippen molar-refractivity contribution in [2.75, 3.05) is 6.54 Å². The average Bonchev–Trinajstić information content (AvgIpc) is 2.77. The van der Waals surface area contributed by atoms with Crippen LogP contribution in [0.3, 0.4) is 0 Å². The van der Waals surface area contributed by atoms with Crippen LogP contribution >= 0.6 is 0 Å². The fraction of sp³-hybridized carbons (Fsp3) is 0.357. The van der Waals surface area contributed by atoms with Gasteiger partial charge < -0.3 is 10.4 Å². The Balaban J connectivity index is 1.97. The van der Waals surface area contributed by atoms with E-state index < -0.39 is 5.60 Å². The van der Waals surface area contributed by atoms with E-state index in [0.29, 0.717) is 13.1 Å². The van der Waals surface area contributed by atoms with Crippen molar-refractivity contribution in [2.24, 2.45) is 0 Å². The number of rotatable bonds is 5. The summed E-state index contributed by atoms with van der Waals surface area (Å²) in [5.74, 6) is -0.261. The minimum Gasteiger partial charge on any atom is -0.389 e. The molecule has 0 amide bonds. The van der Waals surface area contributed by atoms with E-state index in [1.807, 2.05) is 6.20 Å². The van der Waals surface area contributed by atoms with E-state index in [4.69, 9.17) is 0 Å². The van der Waals surface area contributed by atoms with Crippen LogP contribution in [0.15, 0.2) is 36.7 Å². The lowest BCUT2D eigenvalue weighted by atomic mass is 10.1. The maximum Gasteiger partial charge on any atom is 0.123 e. The molecule has 0 radical (unpaired) electrons. The standard InChI is InChI=1S/C14H18FN3O/c1-14(2,19)10-16-7-11-8-17-18(9-11)13-5-3-12(15)4-6-13/h3-6,8-9,16,19H,7,10H2,1-2H3. The van der Waals surface area contributed by atoms with E-state index in [0.717, 1.165) is 11.3 Å². The highest BCUT2D eigenvalue weighted by molar-refractivity contribution is 5.31. The summed E-state index contributed by atoms with van der Waals surface area (Å²) >= 11 is 0. The number of halogens is 1. The van der Waals surface area contributed by atoms with Crippen LogP contribution in [0, 0.1) is 5.82 Å². The number of benzene rings is 1. The minimum atomic E-state index is -0.729. The van der Waals surface area contributed by atoms with E-state index in [1.165, 1.54) is 12.1 Å². The molecular weight excluding hydrogens is 245 g/mol. The van der Waals surface area contributed by atoms with Gasteiger partial charge in [-0.2, -0.15) is 5.10 Å². The third-order valence-electron chi connectivity index (χ3n) is 2.61. The Bertz CT molecular complexity index is 528. The zero-order valence-electron chi connectivity index (χ0n) is 11.1. The fourth-order valence-corrected chi connectivity index (χ4v) is 1.70. The SMILES string of the molecule is CC(C)(O)CNCc1cnn(-c2ccc(F)cc2)c1. The Morgan fingerprint density at radius 3 is 2.63 bits per heavy atom. The lowest BCUT2D eigenvalue weighted by Crippen LogP contribution is -2.34. The highest BCUT2D eigenvalue weighted by atomic mass is 19.1. The number of hydrogen-bond acceptors (Lipinski definition) is 3. The van der Waals surface area contributed by atoms with Crippen LogP contribution in [0.25, 0.3) is 5.69 Å². The van der Waals surface area contributed by atoms with Gasteiger partial charge in [-0.3, -0.25) is 0 Å². The van der Waals surface area contributed by atoms with Crippen LogP contribution in [0.2, 0.25) is 0 Å². The molecule has 102 valence electrons. The molecule has 19 heavy (non-hydrogen) atoms. The van der Waals surface area contributed by atoms with Crippen molar-refractivity contribution in [2.45, 2.75) is 26.0 Å². The molecule has 1 aromatic carbocycles. The third kappa shape index (κ3) is 4.15. The highest BCUT2D eigenvalue weighted by Crippen LogP contribution is 2.09. The van der Waals surface area contributed by atoms with Gasteiger partial charge in [-0.05, 0) is 38.1 Å². The number of aliphatic hydroxyl groups is 1. The van der Waals surface area contributed by atoms with Gasteiger partial charge in [0.2, 0.25) is 0 Å². The van der Waals surface area contributed by atoms with Crippen molar-refractivity contribution in [3.63, 3.8) is 0 Å². The van der Waals surface area contributed by atoms with Gasteiger partial charge in [0.1, 0.15) is 5.82 Å². The monoisotopic (exact) mass is 263 g/mol. The molecule has 0 fully saturated rings. The lowest BCUT2D eigenvalue weighted by Gasteiger charge is -2.17. The quantitative estimate of drug-likeness (QED) is 0.866. The van der Waals surface area contributed by atoms with Crippen LogP contribution < -0.4 is 5.32 Å². The molecule has 0 spiro atoms. The van der Waals surface area contributed by atoms with E-state index in [2.05, 4.69) is 10.4 Å². The number of hydrogen-bond donors (Lipinski definition) is 2. The molecule has 1 aromatic heterocycles. The summed E-state index contributed by atoms with van der Waals surface area (Å²) < 4.78 is 14.5. The molecular formula is C14H18FN3O. The molecule has 0 bridgehead atoms. The second kappa shape index (κ2) is 5.50. The largest absolute Gasteiger partial charge is 0.389 e. The van der Waals surface area contributed by atoms with E-state index in [-0.39, 0.29) is 5.82 Å². The van der Waals surface area contributed by atoms with Crippen molar-refractivity contribution in [1.82, 2.24) is 15.1 Å². The number of aromatic nitrogens is 2. The molecule has 5 heteroatoms. The van der Waals surface area contributed by atoms with E-state index in [9.17, 15) is 9.50 Å². The molecule has 1 heterocycles. The Morgan fingerprint density at radius 2 is 2.00 bits per heavy atom. The molecule has 0 aliphatic heterocycles. The number of nitrogens with one attached hydrogen (secondary N) is 1. The minimum absolute atomic E-state index is 0.261. The summed E-state index contributed by atoms with van der Waals surface area (Å²) in [5, 5.41) is 17.0. The summed E-state index contributed by atoms with van der Waals surface area (Å²) in [6.45, 7) is 4.64. The molecule has 2 rings (SSSR count). The van der Waals surface area contributed by atoms with Crippen LogP contribution in [-0.2, 0) is 6.54 Å². The predicted octanol–water partition coefficient (Wildman–Crippen LogP) is 1.87. The van der Waals surface area contributed by atoms with E-state index >= 15 is 0 Å². The maximum absolute atomic E-state index is 12.8. The topological polar surface area (TPSA) is 50.1 Å². The fourth-order valence-electron chi connectivity index (χ4n) is 1.70. The first-order chi connectivity index (χ1) is 8.94. The van der Waals surface area contributed by atoms with Gasteiger partial charge >= 0.3 is 0 Å². The Kier molecular flexibility index (Phi) is 3.97. The highest BCUT2D eigenvalue weighted by Gasteiger charge is 2.11. The van der Waals surface area contributed by atoms with Crippen molar-refractivity contribution >= 4 is 0 Å². The summed E-state index contributed by atoms with van der Waals surface area (Å²) in [5.41, 5.74) is 1.09. The maximum atomic E-state index is 12.8. The van der Waals surface area contributed by atoms with Gasteiger partial charge in [-0.25, -0.2) is 9.07 Å². The van der Waals surface area contributed by atoms with Gasteiger partial charge in [-0.15, -0.1) is 0 Å². The van der Waals surface area contributed by atoms with Gasteiger partial charge in [0, 0.05) is 24.8 Å². The van der Waals surface area contributed by atoms with Crippen molar-refractivity contribution in [3.05, 3.63) is 48.0 Å². The zero-order chi connectivity index (χ0) is 13.9. The summed E-state index contributed by atoms with van der Waals surface area (Å²) in [6.07, 6.45) is 3.63. The molecule has 0 saturated heterocycles. The van der Waals surface area contributed by atoms with Crippen LogP contribution in [-0.4, -0.2) is 27.0 Å². The predicted molar refractivity (Wildman–Crippen MR) is 71.5 cm³/mol. The second-order valence-corrected chi connectivity index (χ2v) is 5.19. The molecule has 0 atom stereocenters. The summed E-state index contributed by atoms with van der Waals surface area (Å²) in [4.78, 5) is 0. The molecule has 4 nitrogen and oxygen atoms in total. The van der Waals surface area contributed by atoms with Gasteiger partial charge in [0.25, 0.3) is 0 Å². The van der Waals surface area contributed by atoms with Crippen LogP contribution in [0.4, 0.5) is 4.39 Å². The molecule has 0 saturated carbocycles. The first-order valence-corrected chi connectivity index (χ1v) is 6.17. The molecule has 2 N–H and O–H groups in total. The molecule has 0 aliphatic carbocycles. The van der Waals surface area contributed by atoms with E-state index in [1.54, 1.807) is 36.9 Å². The Morgan fingerprint density at radius 1 is 1.32 bits per heavy atom. The smallest absolute Gasteiger partial charge is 0.123 e. The van der Waals surface area contributed by atoms with Crippen LogP contribution in [0.5, 0.6) is 0 Å². The zero-order valence-corrected chi connectivity index (χ0v) is 11.1. The summed E-state index contributed by atoms with van der Waals surface area (Å²) in [7, 11) is 0. The second-order valence-electron chi connectivity index (χ2n) is 5.19. The molecule has 2 aromatic rings. The van der Waals surface area contributed by atoms with Crippen molar-refractivity contribution in [1.29, 1.82) is 0 Å². The van der Waals surface area contributed by atoms with Crippen molar-refractivity contribution in [3.8, 4) is 5.69 Å². The van der Waals surface area contributed by atoms with Crippen molar-refractivity contribution < 1.29 is 9.50 Å². The Hall–Kier alpha value is -1.72. The normalized spacial score (nSPS) is 11.8. The number of nitrogens with zero attached hydrogens (tertiary/aromatic N) is 2. The first kappa shape index (κ1) is 13.7. The average molecular weight is 263 g/mol. The molecule has 0 aliphatic rings. The van der Waals surface area contributed by atoms with Crippen LogP contribution in [0.1, 0.15) is 19.4 Å². The molecule has 0 unspecified atom stereocenters. The summed E-state index contributed by atoms with van der Waals surface area (Å²) in [6, 6.07) is 6.17. The first-order valence-electron chi connectivity index (χ1n) is 6.17. The lowest BCUT2D eigenvalue weighted by molar-refractivity contribution is 0.0795. The van der Waals surface area contributed by atoms with Gasteiger partial charge in [0.15, 0.2) is 0 Å². The third-order valence-corrected chi connectivity index (χ3v) is 2.61.